The normalized spacial score (nSPS) is 19.8. The Bertz CT molecular complexity index is 680. The molecule has 6 heteroatoms. The number of aryl methyl sites for hydroxylation is 1. The van der Waals surface area contributed by atoms with E-state index in [1.165, 1.54) is 4.90 Å². The first kappa shape index (κ1) is 18.4. The van der Waals surface area contributed by atoms with E-state index in [1.54, 1.807) is 11.8 Å². The molecule has 1 saturated heterocycles. The molecule has 1 aliphatic carbocycles. The summed E-state index contributed by atoms with van der Waals surface area (Å²) in [6.07, 6.45) is 4.24. The highest BCUT2D eigenvalue weighted by Crippen LogP contribution is 2.25. The molecule has 1 heterocycles. The highest BCUT2D eigenvalue weighted by atomic mass is 16.2. The van der Waals surface area contributed by atoms with Gasteiger partial charge in [0.05, 0.1) is 5.92 Å². The second-order valence-electron chi connectivity index (χ2n) is 7.44. The second kappa shape index (κ2) is 7.89. The van der Waals surface area contributed by atoms with Crippen molar-refractivity contribution in [2.24, 2.45) is 5.92 Å². The minimum atomic E-state index is -0.474. The Morgan fingerprint density at radius 1 is 1.12 bits per heavy atom. The Morgan fingerprint density at radius 2 is 1.77 bits per heavy atom. The fourth-order valence-electron chi connectivity index (χ4n) is 3.74. The van der Waals surface area contributed by atoms with Crippen molar-refractivity contribution in [3.63, 3.8) is 0 Å². The van der Waals surface area contributed by atoms with Crippen LogP contribution in [0.15, 0.2) is 24.3 Å². The van der Waals surface area contributed by atoms with Crippen LogP contribution in [0.3, 0.4) is 0 Å². The number of hydrogen-bond donors (Lipinski definition) is 1. The van der Waals surface area contributed by atoms with Gasteiger partial charge in [-0.2, -0.15) is 0 Å². The van der Waals surface area contributed by atoms with Crippen LogP contribution in [-0.4, -0.2) is 53.2 Å². The molecule has 3 rings (SSSR count). The van der Waals surface area contributed by atoms with Gasteiger partial charge < -0.3 is 15.1 Å². The number of nitrogens with zero attached hydrogens (tertiary/aromatic N) is 2. The Hall–Kier alpha value is -2.37. The summed E-state index contributed by atoms with van der Waals surface area (Å²) in [7, 11) is 0. The van der Waals surface area contributed by atoms with Gasteiger partial charge >= 0.3 is 11.8 Å². The number of anilines is 1. The monoisotopic (exact) mass is 357 g/mol. The van der Waals surface area contributed by atoms with E-state index >= 15 is 0 Å². The Kier molecular flexibility index (Phi) is 5.59. The molecule has 1 aliphatic heterocycles. The minimum Gasteiger partial charge on any atom is -0.332 e. The largest absolute Gasteiger partial charge is 0.332 e. The third kappa shape index (κ3) is 4.06. The lowest BCUT2D eigenvalue weighted by Gasteiger charge is -2.37. The van der Waals surface area contributed by atoms with E-state index in [2.05, 4.69) is 5.32 Å². The molecule has 2 aliphatic rings. The summed E-state index contributed by atoms with van der Waals surface area (Å²) < 4.78 is 0. The van der Waals surface area contributed by atoms with Gasteiger partial charge in [-0.3, -0.25) is 14.4 Å². The number of amides is 3. The van der Waals surface area contributed by atoms with Crippen molar-refractivity contribution in [3.8, 4) is 0 Å². The number of benzene rings is 1. The summed E-state index contributed by atoms with van der Waals surface area (Å²) in [5.74, 6) is -1.41. The average molecular weight is 357 g/mol. The van der Waals surface area contributed by atoms with E-state index in [4.69, 9.17) is 0 Å². The molecule has 1 unspecified atom stereocenters. The highest BCUT2D eigenvalue weighted by Gasteiger charge is 2.37. The number of rotatable bonds is 5. The molecule has 6 nitrogen and oxygen atoms in total. The first-order valence-corrected chi connectivity index (χ1v) is 9.43. The predicted molar refractivity (Wildman–Crippen MR) is 99.5 cm³/mol. The van der Waals surface area contributed by atoms with Crippen molar-refractivity contribution < 1.29 is 14.4 Å². The van der Waals surface area contributed by atoms with E-state index in [0.717, 1.165) is 36.9 Å². The van der Waals surface area contributed by atoms with E-state index < -0.39 is 11.8 Å². The Morgan fingerprint density at radius 3 is 2.42 bits per heavy atom. The van der Waals surface area contributed by atoms with Crippen LogP contribution in [0.1, 0.15) is 38.2 Å². The summed E-state index contributed by atoms with van der Waals surface area (Å²) >= 11 is 0. The van der Waals surface area contributed by atoms with E-state index in [1.807, 2.05) is 31.2 Å². The average Bonchev–Trinajstić information content (AvgIpc) is 3.15. The molecule has 3 amide bonds. The van der Waals surface area contributed by atoms with Gasteiger partial charge in [0.1, 0.15) is 0 Å². The molecule has 0 aromatic heterocycles. The molecule has 26 heavy (non-hydrogen) atoms. The first-order valence-electron chi connectivity index (χ1n) is 9.43. The van der Waals surface area contributed by atoms with Gasteiger partial charge in [0.25, 0.3) is 0 Å². The third-order valence-corrected chi connectivity index (χ3v) is 5.37. The molecule has 0 bridgehead atoms. The number of carbonyl (C=O) groups is 3. The summed E-state index contributed by atoms with van der Waals surface area (Å²) in [4.78, 5) is 40.5. The number of piperazine rings is 1. The molecular weight excluding hydrogens is 330 g/mol. The van der Waals surface area contributed by atoms with Gasteiger partial charge in [-0.15, -0.1) is 0 Å². The van der Waals surface area contributed by atoms with Crippen LogP contribution < -0.4 is 5.32 Å². The zero-order chi connectivity index (χ0) is 18.7. The standard InChI is InChI=1S/C20H27N3O3/c1-14-7-9-16(10-8-14)21-18(24)15(2)13-22-11-12-23(20(26)19(22)25)17-5-3-4-6-17/h7-10,15,17H,3-6,11-13H2,1-2H3,(H,21,24). The summed E-state index contributed by atoms with van der Waals surface area (Å²) in [6.45, 7) is 5.11. The Labute approximate surface area is 154 Å². The summed E-state index contributed by atoms with van der Waals surface area (Å²) in [5, 5.41) is 2.87. The van der Waals surface area contributed by atoms with Crippen LogP contribution in [0.4, 0.5) is 5.69 Å². The van der Waals surface area contributed by atoms with Crippen LogP contribution in [0.25, 0.3) is 0 Å². The van der Waals surface area contributed by atoms with Gasteiger partial charge in [0.2, 0.25) is 5.91 Å². The molecule has 1 atom stereocenters. The maximum absolute atomic E-state index is 12.4. The fraction of sp³-hybridized carbons (Fsp3) is 0.550. The van der Waals surface area contributed by atoms with Gasteiger partial charge in [-0.25, -0.2) is 0 Å². The predicted octanol–water partition coefficient (Wildman–Crippen LogP) is 2.18. The van der Waals surface area contributed by atoms with Crippen LogP contribution in [0.5, 0.6) is 0 Å². The third-order valence-electron chi connectivity index (χ3n) is 5.37. The van der Waals surface area contributed by atoms with Gasteiger partial charge in [-0.1, -0.05) is 37.5 Å². The molecule has 1 aromatic carbocycles. The van der Waals surface area contributed by atoms with Crippen LogP contribution >= 0.6 is 0 Å². The maximum Gasteiger partial charge on any atom is 0.312 e. The number of carbonyl (C=O) groups excluding carboxylic acids is 3. The van der Waals surface area contributed by atoms with Crippen LogP contribution in [0.2, 0.25) is 0 Å². The molecule has 1 aromatic rings. The Balaban J connectivity index is 1.54. The minimum absolute atomic E-state index is 0.146. The number of hydrogen-bond acceptors (Lipinski definition) is 3. The molecule has 1 saturated carbocycles. The zero-order valence-corrected chi connectivity index (χ0v) is 15.5. The topological polar surface area (TPSA) is 69.7 Å². The summed E-state index contributed by atoms with van der Waals surface area (Å²) in [5.41, 5.74) is 1.86. The molecule has 0 radical (unpaired) electrons. The molecule has 0 spiro atoms. The van der Waals surface area contributed by atoms with Crippen molar-refractivity contribution >= 4 is 23.4 Å². The van der Waals surface area contributed by atoms with Gasteiger partial charge in [0.15, 0.2) is 0 Å². The fourth-order valence-corrected chi connectivity index (χ4v) is 3.74. The van der Waals surface area contributed by atoms with E-state index in [0.29, 0.717) is 13.1 Å². The van der Waals surface area contributed by atoms with Crippen molar-refractivity contribution in [3.05, 3.63) is 29.8 Å². The zero-order valence-electron chi connectivity index (χ0n) is 15.5. The van der Waals surface area contributed by atoms with Crippen LogP contribution in [-0.2, 0) is 14.4 Å². The highest BCUT2D eigenvalue weighted by molar-refractivity contribution is 6.35. The van der Waals surface area contributed by atoms with E-state index in [9.17, 15) is 14.4 Å². The van der Waals surface area contributed by atoms with Crippen molar-refractivity contribution in [1.29, 1.82) is 0 Å². The number of nitrogens with one attached hydrogen (secondary N) is 1. The second-order valence-corrected chi connectivity index (χ2v) is 7.44. The van der Waals surface area contributed by atoms with Crippen molar-refractivity contribution in [1.82, 2.24) is 9.80 Å². The van der Waals surface area contributed by atoms with Crippen LogP contribution in [0, 0.1) is 12.8 Å². The molecule has 2 fully saturated rings. The van der Waals surface area contributed by atoms with Crippen molar-refractivity contribution in [2.45, 2.75) is 45.6 Å². The molecular formula is C20H27N3O3. The molecule has 140 valence electrons. The van der Waals surface area contributed by atoms with Gasteiger partial charge in [-0.05, 0) is 31.9 Å². The summed E-state index contributed by atoms with van der Waals surface area (Å²) in [6, 6.07) is 7.80. The smallest absolute Gasteiger partial charge is 0.312 e. The lowest BCUT2D eigenvalue weighted by Crippen LogP contribution is -2.57. The van der Waals surface area contributed by atoms with E-state index in [-0.39, 0.29) is 24.4 Å². The first-order chi connectivity index (χ1) is 12.5. The quantitative estimate of drug-likeness (QED) is 0.821. The molecule has 1 N–H and O–H groups in total. The van der Waals surface area contributed by atoms with Gasteiger partial charge in [0, 0.05) is 31.4 Å². The lowest BCUT2D eigenvalue weighted by atomic mass is 10.1. The van der Waals surface area contributed by atoms with Crippen molar-refractivity contribution in [2.75, 3.05) is 25.0 Å². The SMILES string of the molecule is Cc1ccc(NC(=O)C(C)CN2CCN(C3CCCC3)C(=O)C2=O)cc1. The maximum atomic E-state index is 12.4. The lowest BCUT2D eigenvalue weighted by molar-refractivity contribution is -0.158.